The van der Waals surface area contributed by atoms with Gasteiger partial charge in [0.1, 0.15) is 12.2 Å². The summed E-state index contributed by atoms with van der Waals surface area (Å²) in [5.41, 5.74) is 0. The summed E-state index contributed by atoms with van der Waals surface area (Å²) in [6, 6.07) is 0. The highest BCUT2D eigenvalue weighted by molar-refractivity contribution is 7.98. The molecule has 0 atom stereocenters. The number of hydrogen-bond acceptors (Lipinski definition) is 4. The van der Waals surface area contributed by atoms with Crippen molar-refractivity contribution in [2.75, 3.05) is 5.75 Å². The van der Waals surface area contributed by atoms with E-state index < -0.39 is 5.97 Å². The molecule has 0 radical (unpaired) electrons. The summed E-state index contributed by atoms with van der Waals surface area (Å²) in [5, 5.41) is 12.4. The van der Waals surface area contributed by atoms with Crippen molar-refractivity contribution in [3.8, 4) is 0 Å². The number of aromatic nitrogens is 3. The molecular weight excluding hydrogens is 202 g/mol. The first kappa shape index (κ1) is 11.0. The fraction of sp³-hybridized carbons (Fsp3) is 0.625. The highest BCUT2D eigenvalue weighted by Gasteiger charge is 2.03. The van der Waals surface area contributed by atoms with Crippen molar-refractivity contribution in [1.82, 2.24) is 14.8 Å². The molecule has 0 unspecified atom stereocenters. The summed E-state index contributed by atoms with van der Waals surface area (Å²) in [6.45, 7) is 2.80. The molecule has 0 bridgehead atoms. The average molecular weight is 215 g/mol. The second kappa shape index (κ2) is 5.64. The SMILES string of the molecule is CCn1ncnc1CSCCC(=O)O. The van der Waals surface area contributed by atoms with Crippen LogP contribution in [0.3, 0.4) is 0 Å². The molecule has 0 aliphatic rings. The molecule has 0 spiro atoms. The van der Waals surface area contributed by atoms with Crippen LogP contribution in [-0.2, 0) is 17.1 Å². The second-order valence-electron chi connectivity index (χ2n) is 2.69. The third kappa shape index (κ3) is 3.37. The van der Waals surface area contributed by atoms with Crippen LogP contribution in [0.25, 0.3) is 0 Å². The Bertz CT molecular complexity index is 301. The van der Waals surface area contributed by atoms with Gasteiger partial charge < -0.3 is 5.11 Å². The van der Waals surface area contributed by atoms with Gasteiger partial charge in [0.15, 0.2) is 0 Å². The number of thioether (sulfide) groups is 1. The number of aliphatic carboxylic acids is 1. The number of carbonyl (C=O) groups is 1. The van der Waals surface area contributed by atoms with Crippen LogP contribution in [0.15, 0.2) is 6.33 Å². The van der Waals surface area contributed by atoms with Crippen LogP contribution in [0, 0.1) is 0 Å². The minimum atomic E-state index is -0.755. The fourth-order valence-electron chi connectivity index (χ4n) is 0.987. The molecule has 0 aliphatic heterocycles. The van der Waals surface area contributed by atoms with E-state index in [0.29, 0.717) is 5.75 Å². The number of carboxylic acid groups (broad SMARTS) is 1. The van der Waals surface area contributed by atoms with Crippen molar-refractivity contribution < 1.29 is 9.90 Å². The Morgan fingerprint density at radius 2 is 2.50 bits per heavy atom. The van der Waals surface area contributed by atoms with E-state index in [2.05, 4.69) is 10.1 Å². The lowest BCUT2D eigenvalue weighted by Crippen LogP contribution is -2.03. The zero-order valence-corrected chi connectivity index (χ0v) is 8.83. The molecule has 0 saturated heterocycles. The molecule has 1 aromatic heterocycles. The Balaban J connectivity index is 2.27. The lowest BCUT2D eigenvalue weighted by atomic mass is 10.5. The van der Waals surface area contributed by atoms with E-state index in [9.17, 15) is 4.79 Å². The number of aryl methyl sites for hydroxylation is 1. The van der Waals surface area contributed by atoms with Crippen molar-refractivity contribution in [3.63, 3.8) is 0 Å². The van der Waals surface area contributed by atoms with Gasteiger partial charge in [-0.3, -0.25) is 4.79 Å². The summed E-state index contributed by atoms with van der Waals surface area (Å²) in [5.74, 6) is 1.49. The van der Waals surface area contributed by atoms with E-state index in [1.807, 2.05) is 11.6 Å². The van der Waals surface area contributed by atoms with Crippen LogP contribution in [0.5, 0.6) is 0 Å². The monoisotopic (exact) mass is 215 g/mol. The topological polar surface area (TPSA) is 68.0 Å². The molecule has 0 aliphatic carbocycles. The van der Waals surface area contributed by atoms with E-state index in [-0.39, 0.29) is 6.42 Å². The zero-order valence-electron chi connectivity index (χ0n) is 8.01. The molecule has 1 N–H and O–H groups in total. The predicted molar refractivity (Wildman–Crippen MR) is 54.1 cm³/mol. The molecule has 14 heavy (non-hydrogen) atoms. The Kier molecular flexibility index (Phi) is 4.45. The number of rotatable bonds is 6. The third-order valence-corrected chi connectivity index (χ3v) is 2.64. The molecule has 1 aromatic rings. The first-order chi connectivity index (χ1) is 6.74. The van der Waals surface area contributed by atoms with Crippen LogP contribution in [0.2, 0.25) is 0 Å². The zero-order chi connectivity index (χ0) is 10.4. The number of nitrogens with zero attached hydrogens (tertiary/aromatic N) is 3. The van der Waals surface area contributed by atoms with Crippen LogP contribution < -0.4 is 0 Å². The summed E-state index contributed by atoms with van der Waals surface area (Å²) in [6.07, 6.45) is 1.72. The molecule has 0 aromatic carbocycles. The Morgan fingerprint density at radius 1 is 1.71 bits per heavy atom. The van der Waals surface area contributed by atoms with Crippen LogP contribution in [0.1, 0.15) is 19.2 Å². The molecule has 6 heteroatoms. The van der Waals surface area contributed by atoms with Gasteiger partial charge in [-0.05, 0) is 6.92 Å². The van der Waals surface area contributed by atoms with Crippen molar-refractivity contribution in [2.24, 2.45) is 0 Å². The maximum atomic E-state index is 10.2. The normalized spacial score (nSPS) is 10.4. The first-order valence-corrected chi connectivity index (χ1v) is 5.55. The molecule has 1 heterocycles. The average Bonchev–Trinajstić information content (AvgIpc) is 2.59. The maximum absolute atomic E-state index is 10.2. The Labute approximate surface area is 86.5 Å². The van der Waals surface area contributed by atoms with E-state index in [0.717, 1.165) is 18.1 Å². The van der Waals surface area contributed by atoms with E-state index >= 15 is 0 Å². The lowest BCUT2D eigenvalue weighted by Gasteiger charge is -2.01. The van der Waals surface area contributed by atoms with Crippen LogP contribution in [-0.4, -0.2) is 31.6 Å². The minimum absolute atomic E-state index is 0.199. The van der Waals surface area contributed by atoms with Crippen LogP contribution in [0.4, 0.5) is 0 Å². The largest absolute Gasteiger partial charge is 0.481 e. The summed E-state index contributed by atoms with van der Waals surface area (Å²) in [4.78, 5) is 14.3. The van der Waals surface area contributed by atoms with Gasteiger partial charge in [0.2, 0.25) is 0 Å². The van der Waals surface area contributed by atoms with Crippen molar-refractivity contribution in [1.29, 1.82) is 0 Å². The highest BCUT2D eigenvalue weighted by atomic mass is 32.2. The number of hydrogen-bond donors (Lipinski definition) is 1. The summed E-state index contributed by atoms with van der Waals surface area (Å²) >= 11 is 1.56. The molecule has 1 rings (SSSR count). The molecular formula is C8H13N3O2S. The quantitative estimate of drug-likeness (QED) is 0.717. The van der Waals surface area contributed by atoms with Gasteiger partial charge >= 0.3 is 5.97 Å². The van der Waals surface area contributed by atoms with Gasteiger partial charge in [0, 0.05) is 12.3 Å². The third-order valence-electron chi connectivity index (χ3n) is 1.69. The summed E-state index contributed by atoms with van der Waals surface area (Å²) < 4.78 is 1.81. The predicted octanol–water partition coefficient (Wildman–Crippen LogP) is 1.01. The van der Waals surface area contributed by atoms with E-state index in [1.165, 1.54) is 6.33 Å². The fourth-order valence-corrected chi connectivity index (χ4v) is 1.86. The van der Waals surface area contributed by atoms with Gasteiger partial charge in [0.05, 0.1) is 12.2 Å². The first-order valence-electron chi connectivity index (χ1n) is 4.40. The van der Waals surface area contributed by atoms with Crippen molar-refractivity contribution in [2.45, 2.75) is 25.6 Å². The minimum Gasteiger partial charge on any atom is -0.481 e. The second-order valence-corrected chi connectivity index (χ2v) is 3.79. The van der Waals surface area contributed by atoms with Gasteiger partial charge in [0.25, 0.3) is 0 Å². The van der Waals surface area contributed by atoms with E-state index in [4.69, 9.17) is 5.11 Å². The van der Waals surface area contributed by atoms with Gasteiger partial charge in [-0.2, -0.15) is 16.9 Å². The van der Waals surface area contributed by atoms with E-state index in [1.54, 1.807) is 11.8 Å². The van der Waals surface area contributed by atoms with Gasteiger partial charge in [-0.25, -0.2) is 9.67 Å². The van der Waals surface area contributed by atoms with Crippen molar-refractivity contribution >= 4 is 17.7 Å². The highest BCUT2D eigenvalue weighted by Crippen LogP contribution is 2.10. The molecule has 0 saturated carbocycles. The van der Waals surface area contributed by atoms with Gasteiger partial charge in [-0.1, -0.05) is 0 Å². The van der Waals surface area contributed by atoms with Gasteiger partial charge in [-0.15, -0.1) is 0 Å². The standard InChI is InChI=1S/C8H13N3O2S/c1-2-11-7(9-6-10-11)5-14-4-3-8(12)13/h6H,2-5H2,1H3,(H,12,13). The number of carboxylic acids is 1. The smallest absolute Gasteiger partial charge is 0.304 e. The molecule has 0 fully saturated rings. The maximum Gasteiger partial charge on any atom is 0.304 e. The van der Waals surface area contributed by atoms with Crippen LogP contribution >= 0.6 is 11.8 Å². The lowest BCUT2D eigenvalue weighted by molar-refractivity contribution is -0.136. The molecule has 78 valence electrons. The Hall–Kier alpha value is -1.04. The summed E-state index contributed by atoms with van der Waals surface area (Å²) in [7, 11) is 0. The molecule has 0 amide bonds. The van der Waals surface area contributed by atoms with Crippen molar-refractivity contribution in [3.05, 3.63) is 12.2 Å². The Morgan fingerprint density at radius 3 is 3.14 bits per heavy atom. The molecule has 5 nitrogen and oxygen atoms in total.